The average molecular weight is 997 g/mol. The minimum absolute atomic E-state index is 0.0177. The quantitative estimate of drug-likeness (QED) is 0.0712. The molecule has 4 rings (SSSR count). The largest absolute Gasteiger partial charge is 0.462 e. The van der Waals surface area contributed by atoms with Crippen molar-refractivity contribution in [2.24, 2.45) is 29.6 Å². The number of cyclic esters (lactones) is 1. The molecule has 3 aromatic heterocycles. The standard InChI is InChI=1S/C51H72N4O16/c1-29(19-20-42(71-51(61)34(6)62-9)33(5)47(69-35(7)57)30(2)21-22-55(8)28-56)43(64-11)24-44-32(4)41(63-10)17-14-18-45-52-38(26-66-45)49-54-39(27-68-49)50-53-37(25-67-50)48(65-12)31(3)40(59)16-13-15-36(58)23-46(60)70-44/h13-14,16,18,21-22,25-34,36,41-44,47-48,58H,15,17,19-20,23-24H2,1-12H3/b16-13+,18-14-,22-21+/t29-,30+,31-,32+,33-,34+,36-,41-,42+,43-,44-,47+,48-/m0/s1. The van der Waals surface area contributed by atoms with E-state index in [-0.39, 0.29) is 60.2 Å². The first-order valence-corrected chi connectivity index (χ1v) is 23.8. The molecule has 13 atom stereocenters. The fourth-order valence-corrected chi connectivity index (χ4v) is 8.33. The van der Waals surface area contributed by atoms with E-state index in [1.54, 1.807) is 53.5 Å². The fraction of sp³-hybridized carbons (Fsp3) is 0.608. The number of amides is 1. The molecule has 1 aliphatic heterocycles. The van der Waals surface area contributed by atoms with Crippen molar-refractivity contribution in [2.75, 3.05) is 35.5 Å². The molecular formula is C51H72N4O16. The molecule has 0 radical (unpaired) electrons. The van der Waals surface area contributed by atoms with E-state index in [0.717, 1.165) is 0 Å². The van der Waals surface area contributed by atoms with Gasteiger partial charge in [-0.1, -0.05) is 52.8 Å². The molecule has 1 N–H and O–H groups in total. The van der Waals surface area contributed by atoms with E-state index in [0.29, 0.717) is 37.1 Å². The zero-order valence-corrected chi connectivity index (χ0v) is 42.9. The Hall–Kier alpha value is -5.80. The molecule has 20 heteroatoms. The second-order valence-corrected chi connectivity index (χ2v) is 18.2. The molecular weight excluding hydrogens is 925 g/mol. The summed E-state index contributed by atoms with van der Waals surface area (Å²) < 4.78 is 58.1. The SMILES string of the molecule is CO[C@H]1C/C=C\c2nc(co2)-c2nc(co2)-c2nc(co2)[C@@H](OC)[C@@H](C)C(=O)/C=C/C[C@H](O)CC(=O)O[C@@H](C[C@H](OC)[C@@H](C)CC[C@@H](OC(=O)[C@@H](C)OC)[C@H](C)[C@H](OC(C)=O)[C@H](C)/C=C/N(C)C=O)[C@@H]1C. The number of nitrogens with zero attached hydrogens (tertiary/aromatic N) is 4. The van der Waals surface area contributed by atoms with Gasteiger partial charge in [-0.25, -0.2) is 19.7 Å². The maximum atomic E-state index is 13.7. The summed E-state index contributed by atoms with van der Waals surface area (Å²) in [5.74, 6) is -3.77. The zero-order valence-electron chi connectivity index (χ0n) is 42.9. The van der Waals surface area contributed by atoms with Gasteiger partial charge in [-0.15, -0.1) is 0 Å². The third-order valence-corrected chi connectivity index (χ3v) is 12.9. The number of hydrogen-bond donors (Lipinski definition) is 1. The number of oxazole rings is 3. The van der Waals surface area contributed by atoms with Crippen LogP contribution in [0.2, 0.25) is 0 Å². The first kappa shape index (κ1) is 57.8. The number of methoxy groups -OCH3 is 4. The van der Waals surface area contributed by atoms with E-state index in [1.807, 2.05) is 33.8 Å². The molecule has 4 heterocycles. The maximum absolute atomic E-state index is 13.7. The molecule has 0 aliphatic carbocycles. The number of esters is 3. The van der Waals surface area contributed by atoms with Gasteiger partial charge in [0, 0.05) is 72.8 Å². The lowest BCUT2D eigenvalue weighted by Gasteiger charge is -2.35. The van der Waals surface area contributed by atoms with Gasteiger partial charge in [0.2, 0.25) is 24.1 Å². The highest BCUT2D eigenvalue weighted by Gasteiger charge is 2.37. The number of fused-ring (bicyclic) bond motifs is 8. The van der Waals surface area contributed by atoms with E-state index in [9.17, 15) is 29.1 Å². The van der Waals surface area contributed by atoms with Crippen molar-refractivity contribution in [3.63, 3.8) is 0 Å². The average Bonchev–Trinajstić information content (AvgIpc) is 4.15. The summed E-state index contributed by atoms with van der Waals surface area (Å²) in [6.07, 6.45) is 9.31. The van der Waals surface area contributed by atoms with Crippen LogP contribution in [0.5, 0.6) is 0 Å². The molecule has 1 amide bonds. The van der Waals surface area contributed by atoms with Crippen LogP contribution in [-0.4, -0.2) is 133 Å². The van der Waals surface area contributed by atoms with Gasteiger partial charge < -0.3 is 56.4 Å². The second-order valence-electron chi connectivity index (χ2n) is 18.2. The first-order chi connectivity index (χ1) is 33.8. The van der Waals surface area contributed by atoms with Crippen molar-refractivity contribution in [3.05, 3.63) is 60.9 Å². The lowest BCUT2D eigenvalue weighted by atomic mass is 9.83. The Morgan fingerprint density at radius 2 is 1.54 bits per heavy atom. The Balaban J connectivity index is 1.61. The van der Waals surface area contributed by atoms with Gasteiger partial charge in [0.1, 0.15) is 48.9 Å². The first-order valence-electron chi connectivity index (χ1n) is 23.8. The van der Waals surface area contributed by atoms with Gasteiger partial charge in [0.25, 0.3) is 0 Å². The van der Waals surface area contributed by atoms with Crippen molar-refractivity contribution in [2.45, 2.75) is 136 Å². The Morgan fingerprint density at radius 1 is 0.859 bits per heavy atom. The summed E-state index contributed by atoms with van der Waals surface area (Å²) in [4.78, 5) is 78.7. The number of ketones is 1. The number of allylic oxidation sites excluding steroid dienone is 1. The molecule has 6 bridgehead atoms. The summed E-state index contributed by atoms with van der Waals surface area (Å²) in [7, 11) is 7.56. The number of aliphatic hydroxyl groups is 1. The number of ether oxygens (including phenoxy) is 7. The Labute approximate surface area is 415 Å². The molecule has 0 spiro atoms. The molecule has 0 unspecified atom stereocenters. The van der Waals surface area contributed by atoms with E-state index >= 15 is 0 Å². The van der Waals surface area contributed by atoms with E-state index in [4.69, 9.17) is 46.4 Å². The van der Waals surface area contributed by atoms with Gasteiger partial charge in [0.05, 0.1) is 30.7 Å². The van der Waals surface area contributed by atoms with Crippen molar-refractivity contribution in [1.29, 1.82) is 0 Å². The summed E-state index contributed by atoms with van der Waals surface area (Å²) in [5.41, 5.74) is 0.960. The monoisotopic (exact) mass is 996 g/mol. The summed E-state index contributed by atoms with van der Waals surface area (Å²) >= 11 is 0. The number of carbonyl (C=O) groups is 5. The Bertz CT molecular complexity index is 2250. The molecule has 0 saturated carbocycles. The lowest BCUT2D eigenvalue weighted by Crippen LogP contribution is -2.41. The third-order valence-electron chi connectivity index (χ3n) is 12.9. The molecule has 0 saturated heterocycles. The van der Waals surface area contributed by atoms with Crippen molar-refractivity contribution >= 4 is 36.2 Å². The lowest BCUT2D eigenvalue weighted by molar-refractivity contribution is -0.170. The number of aliphatic hydroxyl groups excluding tert-OH is 1. The molecule has 0 fully saturated rings. The maximum Gasteiger partial charge on any atom is 0.335 e. The Kier molecular flexibility index (Phi) is 23.0. The van der Waals surface area contributed by atoms with Crippen LogP contribution >= 0.6 is 0 Å². The fourth-order valence-electron chi connectivity index (χ4n) is 8.33. The highest BCUT2D eigenvalue weighted by Crippen LogP contribution is 2.33. The summed E-state index contributed by atoms with van der Waals surface area (Å²) in [6.45, 7) is 12.1. The van der Waals surface area contributed by atoms with Gasteiger partial charge in [-0.2, -0.15) is 0 Å². The van der Waals surface area contributed by atoms with E-state index in [1.165, 1.54) is 57.0 Å². The molecule has 392 valence electrons. The van der Waals surface area contributed by atoms with Crippen molar-refractivity contribution in [1.82, 2.24) is 19.9 Å². The normalized spacial score (nSPS) is 24.5. The highest BCUT2D eigenvalue weighted by atomic mass is 16.6. The van der Waals surface area contributed by atoms with Crippen LogP contribution in [-0.2, 0) is 57.1 Å². The zero-order chi connectivity index (χ0) is 52.4. The van der Waals surface area contributed by atoms with Crippen LogP contribution in [0.25, 0.3) is 29.2 Å². The van der Waals surface area contributed by atoms with Crippen molar-refractivity contribution in [3.8, 4) is 23.2 Å². The van der Waals surface area contributed by atoms with Crippen LogP contribution in [0.4, 0.5) is 0 Å². The predicted molar refractivity (Wildman–Crippen MR) is 256 cm³/mol. The van der Waals surface area contributed by atoms with Gasteiger partial charge >= 0.3 is 17.9 Å². The highest BCUT2D eigenvalue weighted by molar-refractivity contribution is 5.92. The van der Waals surface area contributed by atoms with Crippen LogP contribution < -0.4 is 0 Å². The predicted octanol–water partition coefficient (Wildman–Crippen LogP) is 7.13. The minimum atomic E-state index is -1.18. The number of aromatic nitrogens is 3. The second kappa shape index (κ2) is 28.3. The minimum Gasteiger partial charge on any atom is -0.462 e. The van der Waals surface area contributed by atoms with Gasteiger partial charge in [0.15, 0.2) is 23.3 Å². The van der Waals surface area contributed by atoms with Crippen LogP contribution in [0.15, 0.2) is 62.5 Å². The Morgan fingerprint density at radius 3 is 2.20 bits per heavy atom. The molecule has 20 nitrogen and oxygen atoms in total. The smallest absolute Gasteiger partial charge is 0.335 e. The topological polar surface area (TPSA) is 252 Å². The molecule has 1 aliphatic rings. The molecule has 3 aromatic rings. The van der Waals surface area contributed by atoms with E-state index in [2.05, 4.69) is 15.0 Å². The number of hydrogen-bond acceptors (Lipinski definition) is 19. The summed E-state index contributed by atoms with van der Waals surface area (Å²) in [6, 6.07) is 0. The van der Waals surface area contributed by atoms with Crippen molar-refractivity contribution < 1.29 is 75.5 Å². The van der Waals surface area contributed by atoms with Crippen LogP contribution in [0, 0.1) is 29.6 Å². The number of carbonyl (C=O) groups excluding carboxylic acids is 5. The van der Waals surface area contributed by atoms with Crippen LogP contribution in [0.1, 0.15) is 105 Å². The van der Waals surface area contributed by atoms with Gasteiger partial charge in [-0.3, -0.25) is 19.2 Å². The number of rotatable bonds is 19. The molecule has 71 heavy (non-hydrogen) atoms. The van der Waals surface area contributed by atoms with Gasteiger partial charge in [-0.05, 0) is 50.7 Å². The van der Waals surface area contributed by atoms with E-state index < -0.39 is 84.5 Å². The van der Waals surface area contributed by atoms with Crippen LogP contribution in [0.3, 0.4) is 0 Å². The summed E-state index contributed by atoms with van der Waals surface area (Å²) in [5, 5.41) is 11.0. The third kappa shape index (κ3) is 16.9. The molecule has 0 aromatic carbocycles.